The zero-order valence-electron chi connectivity index (χ0n) is 46.8. The van der Waals surface area contributed by atoms with Crippen molar-refractivity contribution < 1.29 is 57.8 Å². The van der Waals surface area contributed by atoms with Gasteiger partial charge in [-0.25, -0.2) is 4.79 Å². The van der Waals surface area contributed by atoms with Crippen molar-refractivity contribution in [1.29, 1.82) is 0 Å². The fraction of sp³-hybridized carbons (Fsp3) is 0.558. The molecule has 0 aliphatic rings. The number of nitrogens with one attached hydrogen (secondary N) is 12. The van der Waals surface area contributed by atoms with E-state index in [2.05, 4.69) is 63.8 Å². The number of rotatable bonds is 37. The fourth-order valence-electron chi connectivity index (χ4n) is 7.92. The molecular weight excluding hydrogens is 1090 g/mol. The van der Waals surface area contributed by atoms with Crippen LogP contribution in [-0.4, -0.2) is 177 Å². The minimum Gasteiger partial charge on any atom is -0.391 e. The number of aliphatic hydroxyl groups is 1. The molecule has 2 unspecified atom stereocenters. The van der Waals surface area contributed by atoms with Crippen LogP contribution in [0.25, 0.3) is 0 Å². The average molecular weight is 1170 g/mol. The Kier molecular flexibility index (Phi) is 32.9. The molecule has 0 heterocycles. The van der Waals surface area contributed by atoms with E-state index in [1.54, 1.807) is 75.4 Å². The van der Waals surface area contributed by atoms with Crippen LogP contribution in [0.4, 0.5) is 10.5 Å². The van der Waals surface area contributed by atoms with Crippen molar-refractivity contribution >= 4 is 82.4 Å². The first-order valence-electron chi connectivity index (χ1n) is 27.0. The number of hydrogen-bond acceptors (Lipinski definition) is 17. The largest absolute Gasteiger partial charge is 0.391 e. The van der Waals surface area contributed by atoms with Gasteiger partial charge in [0.2, 0.25) is 59.1 Å². The highest BCUT2D eigenvalue weighted by atomic mass is 35.5. The maximum Gasteiger partial charge on any atom is 0.319 e. The van der Waals surface area contributed by atoms with Crippen molar-refractivity contribution in [1.82, 2.24) is 58.5 Å². The summed E-state index contributed by atoms with van der Waals surface area (Å²) in [7, 11) is 0. The Bertz CT molecular complexity index is 2420. The minimum absolute atomic E-state index is 0.000498. The number of nitrogens with two attached hydrogens (primary N) is 5. The summed E-state index contributed by atoms with van der Waals surface area (Å²) in [5.41, 5.74) is 29.7. The molecule has 0 saturated carbocycles. The standard InChI is InChI=1S/C52H84ClN17O12/c1-5-59-51(81)43(30(4)71)70-48(78)38(19-24-58)64-47(77)37(18-23-57)65-49(79)39(25-29(2)3)66-50(80)40(26-31-11-7-6-8-12-31)67-46(76)36(17-22-56)63-42(73)28-60-44(74)34(15-20-54)62-41(72)27-61-45(75)35(16-21-55)69-52(82)68-33-14-10-9-13-32(33)53/h6-14,29-30,34-40,43,71H,5,15-28,54-58H2,1-4H3,(H,59,81)(H,60,74)(H,61,75)(H,62,72)(H,63,73)(H,64,77)(H,65,79)(H,66,80)(H,67,76)(H,70,78)(H2,68,69,82)/t30?,34-,35-,36-,37-,38-,39-,40+,43?/m0/s1. The number of para-hydroxylation sites is 1. The zero-order valence-corrected chi connectivity index (χ0v) is 47.5. The van der Waals surface area contributed by atoms with Crippen LogP contribution in [0.5, 0.6) is 0 Å². The van der Waals surface area contributed by atoms with E-state index < -0.39 is 133 Å². The van der Waals surface area contributed by atoms with Gasteiger partial charge in [-0.05, 0) is 109 Å². The highest BCUT2D eigenvalue weighted by molar-refractivity contribution is 6.33. The summed E-state index contributed by atoms with van der Waals surface area (Å²) >= 11 is 6.10. The van der Waals surface area contributed by atoms with E-state index in [0.717, 1.165) is 0 Å². The molecular formula is C52H84ClN17O12. The summed E-state index contributed by atoms with van der Waals surface area (Å²) in [4.78, 5) is 147. The summed E-state index contributed by atoms with van der Waals surface area (Å²) in [5.74, 6) is -8.29. The minimum atomic E-state index is -1.37. The Hall–Kier alpha value is -7.54. The molecule has 456 valence electrons. The number of halogens is 1. The summed E-state index contributed by atoms with van der Waals surface area (Å²) < 4.78 is 0. The fourth-order valence-corrected chi connectivity index (χ4v) is 8.11. The van der Waals surface area contributed by atoms with Crippen LogP contribution in [0.1, 0.15) is 71.8 Å². The maximum absolute atomic E-state index is 14.3. The molecule has 0 aliphatic heterocycles. The van der Waals surface area contributed by atoms with Crippen LogP contribution in [0.15, 0.2) is 54.6 Å². The monoisotopic (exact) mass is 1170 g/mol. The molecule has 2 rings (SSSR count). The van der Waals surface area contributed by atoms with Crippen LogP contribution in [0.2, 0.25) is 5.02 Å². The van der Waals surface area contributed by atoms with Gasteiger partial charge in [-0.1, -0.05) is 67.9 Å². The Balaban J connectivity index is 2.20. The van der Waals surface area contributed by atoms with Gasteiger partial charge in [-0.15, -0.1) is 0 Å². The molecule has 29 nitrogen and oxygen atoms in total. The molecule has 2 aromatic carbocycles. The SMILES string of the molecule is CCNC(=O)C(NC(=O)[C@H](CCN)NC(=O)[C@H](CCN)NC(=O)[C@H](CC(C)C)NC(=O)[C@@H](Cc1ccccc1)NC(=O)[C@H](CCN)NC(=O)CNC(=O)[C@H](CCN)NC(=O)CNC(=O)[C@H](CCN)NC(=O)Nc1ccccc1Cl)C(C)O. The molecule has 23 N–H and O–H groups in total. The van der Waals surface area contributed by atoms with Gasteiger partial charge in [0.05, 0.1) is 29.9 Å². The molecule has 0 radical (unpaired) electrons. The van der Waals surface area contributed by atoms with Crippen molar-refractivity contribution in [2.75, 3.05) is 57.7 Å². The predicted molar refractivity (Wildman–Crippen MR) is 305 cm³/mol. The van der Waals surface area contributed by atoms with Gasteiger partial charge in [-0.3, -0.25) is 47.9 Å². The number of benzene rings is 2. The first kappa shape index (κ1) is 70.6. The molecule has 0 bridgehead atoms. The summed E-state index contributed by atoms with van der Waals surface area (Å²) in [6, 6.07) is 3.75. The second-order valence-corrected chi connectivity index (χ2v) is 19.8. The lowest BCUT2D eigenvalue weighted by atomic mass is 10.00. The molecule has 0 aliphatic carbocycles. The Morgan fingerprint density at radius 2 is 0.854 bits per heavy atom. The Labute approximate surface area is 481 Å². The van der Waals surface area contributed by atoms with Crippen LogP contribution in [0.3, 0.4) is 0 Å². The van der Waals surface area contributed by atoms with Crippen molar-refractivity contribution in [3.63, 3.8) is 0 Å². The van der Waals surface area contributed by atoms with E-state index in [1.807, 2.05) is 0 Å². The number of carbonyl (C=O) groups excluding carboxylic acids is 11. The van der Waals surface area contributed by atoms with Gasteiger partial charge in [0, 0.05) is 13.0 Å². The summed E-state index contributed by atoms with van der Waals surface area (Å²) in [6.07, 6.45) is -1.79. The van der Waals surface area contributed by atoms with E-state index in [9.17, 15) is 57.8 Å². The normalized spacial score (nSPS) is 14.2. The van der Waals surface area contributed by atoms with Crippen molar-refractivity contribution in [3.8, 4) is 0 Å². The van der Waals surface area contributed by atoms with E-state index in [1.165, 1.54) is 6.92 Å². The smallest absolute Gasteiger partial charge is 0.319 e. The number of likely N-dealkylation sites (N-methyl/N-ethyl adjacent to an activating group) is 1. The third-order valence-electron chi connectivity index (χ3n) is 12.1. The Morgan fingerprint density at radius 1 is 0.463 bits per heavy atom. The molecule has 9 atom stereocenters. The van der Waals surface area contributed by atoms with Gasteiger partial charge in [0.25, 0.3) is 0 Å². The van der Waals surface area contributed by atoms with Crippen molar-refractivity contribution in [2.45, 2.75) is 127 Å². The van der Waals surface area contributed by atoms with E-state index in [4.69, 9.17) is 40.3 Å². The second-order valence-electron chi connectivity index (χ2n) is 19.4. The van der Waals surface area contributed by atoms with Gasteiger partial charge < -0.3 is 97.6 Å². The topological polar surface area (TPSA) is 482 Å². The first-order chi connectivity index (χ1) is 39.0. The van der Waals surface area contributed by atoms with Crippen LogP contribution >= 0.6 is 11.6 Å². The first-order valence-corrected chi connectivity index (χ1v) is 27.4. The van der Waals surface area contributed by atoms with Gasteiger partial charge in [-0.2, -0.15) is 0 Å². The van der Waals surface area contributed by atoms with Gasteiger partial charge >= 0.3 is 6.03 Å². The third kappa shape index (κ3) is 25.9. The number of anilines is 1. The van der Waals surface area contributed by atoms with Crippen LogP contribution in [0, 0.1) is 5.92 Å². The zero-order chi connectivity index (χ0) is 61.3. The average Bonchev–Trinajstić information content (AvgIpc) is 3.44. The molecule has 2 aromatic rings. The number of hydrogen-bond donors (Lipinski definition) is 18. The summed E-state index contributed by atoms with van der Waals surface area (Å²) in [6.45, 7) is 5.03. The maximum atomic E-state index is 14.3. The highest BCUT2D eigenvalue weighted by Gasteiger charge is 2.35. The lowest BCUT2D eigenvalue weighted by Gasteiger charge is -2.28. The second kappa shape index (κ2) is 38.2. The van der Waals surface area contributed by atoms with E-state index in [-0.39, 0.29) is 101 Å². The highest BCUT2D eigenvalue weighted by Crippen LogP contribution is 2.20. The molecule has 30 heteroatoms. The number of aliphatic hydroxyl groups excluding tert-OH is 1. The third-order valence-corrected chi connectivity index (χ3v) is 12.4. The number of amides is 12. The lowest BCUT2D eigenvalue weighted by molar-refractivity contribution is -0.136. The van der Waals surface area contributed by atoms with Gasteiger partial charge in [0.1, 0.15) is 48.3 Å². The quantitative estimate of drug-likeness (QED) is 0.0301. The van der Waals surface area contributed by atoms with Crippen molar-refractivity contribution in [2.24, 2.45) is 34.6 Å². The van der Waals surface area contributed by atoms with Crippen LogP contribution in [-0.2, 0) is 54.4 Å². The molecule has 0 fully saturated rings. The molecule has 0 spiro atoms. The molecule has 12 amide bonds. The Morgan fingerprint density at radius 3 is 1.30 bits per heavy atom. The van der Waals surface area contributed by atoms with Gasteiger partial charge in [0.15, 0.2) is 0 Å². The van der Waals surface area contributed by atoms with Crippen molar-refractivity contribution in [3.05, 3.63) is 65.2 Å². The molecule has 0 saturated heterocycles. The predicted octanol–water partition coefficient (Wildman–Crippen LogP) is -4.99. The van der Waals surface area contributed by atoms with E-state index in [0.29, 0.717) is 5.56 Å². The molecule has 82 heavy (non-hydrogen) atoms. The number of carbonyl (C=O) groups is 11. The van der Waals surface area contributed by atoms with Crippen LogP contribution < -0.4 is 92.5 Å². The molecule has 0 aromatic heterocycles. The van der Waals surface area contributed by atoms with E-state index >= 15 is 0 Å². The lowest BCUT2D eigenvalue weighted by Crippen LogP contribution is -2.61. The number of urea groups is 1. The summed E-state index contributed by atoms with van der Waals surface area (Å²) in [5, 5.41) is 40.6.